The van der Waals surface area contributed by atoms with Crippen LogP contribution in [0, 0.1) is 0 Å². The van der Waals surface area contributed by atoms with E-state index in [9.17, 15) is 9.59 Å². The number of amides is 1. The molecule has 0 aliphatic carbocycles. The second-order valence-electron chi connectivity index (χ2n) is 6.52. The first-order valence-electron chi connectivity index (χ1n) is 9.00. The van der Waals surface area contributed by atoms with E-state index in [1.54, 1.807) is 31.6 Å². The van der Waals surface area contributed by atoms with Gasteiger partial charge in [0.2, 0.25) is 0 Å². The standard InChI is InChI=1S/C19H24N6O3/c1-21-18(26)16-4-3-14(11-22-16)25-7-5-24(6-8-25)12-13-9-15(20)17(23-10-13)19(27)28-2/h3-4,9-11H,5-8,12,20H2,1-2H3,(H,21,26). The molecule has 0 unspecified atom stereocenters. The summed E-state index contributed by atoms with van der Waals surface area (Å²) in [4.78, 5) is 36.1. The van der Waals surface area contributed by atoms with Crippen molar-refractivity contribution in [1.82, 2.24) is 20.2 Å². The van der Waals surface area contributed by atoms with Crippen LogP contribution in [0.4, 0.5) is 11.4 Å². The van der Waals surface area contributed by atoms with Crippen LogP contribution in [-0.4, -0.2) is 67.1 Å². The van der Waals surface area contributed by atoms with Gasteiger partial charge in [0.1, 0.15) is 5.69 Å². The Morgan fingerprint density at radius 1 is 1.18 bits per heavy atom. The lowest BCUT2D eigenvalue weighted by molar-refractivity contribution is 0.0595. The summed E-state index contributed by atoms with van der Waals surface area (Å²) in [7, 11) is 2.89. The van der Waals surface area contributed by atoms with Crippen molar-refractivity contribution in [3.8, 4) is 0 Å². The SMILES string of the molecule is CNC(=O)c1ccc(N2CCN(Cc3cnc(C(=O)OC)c(N)c3)CC2)cn1. The highest BCUT2D eigenvalue weighted by molar-refractivity contribution is 5.93. The van der Waals surface area contributed by atoms with Crippen molar-refractivity contribution < 1.29 is 14.3 Å². The molecule has 2 aromatic rings. The zero-order valence-corrected chi connectivity index (χ0v) is 16.0. The van der Waals surface area contributed by atoms with E-state index < -0.39 is 5.97 Å². The van der Waals surface area contributed by atoms with Crippen molar-refractivity contribution in [1.29, 1.82) is 0 Å². The zero-order chi connectivity index (χ0) is 20.1. The van der Waals surface area contributed by atoms with Gasteiger partial charge in [0, 0.05) is 46.0 Å². The minimum Gasteiger partial charge on any atom is -0.464 e. The summed E-state index contributed by atoms with van der Waals surface area (Å²) in [5.74, 6) is -0.726. The first-order chi connectivity index (χ1) is 13.5. The molecule has 0 radical (unpaired) electrons. The first-order valence-corrected chi connectivity index (χ1v) is 9.00. The summed E-state index contributed by atoms with van der Waals surface area (Å²) in [6.45, 7) is 4.15. The maximum atomic E-state index is 11.6. The van der Waals surface area contributed by atoms with Crippen LogP contribution in [0.15, 0.2) is 30.6 Å². The third-order valence-electron chi connectivity index (χ3n) is 4.70. The molecule has 9 nitrogen and oxygen atoms in total. The van der Waals surface area contributed by atoms with Gasteiger partial charge in [-0.1, -0.05) is 0 Å². The summed E-state index contributed by atoms with van der Waals surface area (Å²) >= 11 is 0. The average molecular weight is 384 g/mol. The lowest BCUT2D eigenvalue weighted by atomic mass is 10.2. The smallest absolute Gasteiger partial charge is 0.358 e. The van der Waals surface area contributed by atoms with Gasteiger partial charge >= 0.3 is 5.97 Å². The molecule has 1 fully saturated rings. The number of nitrogens with zero attached hydrogens (tertiary/aromatic N) is 4. The summed E-state index contributed by atoms with van der Waals surface area (Å²) < 4.78 is 4.66. The van der Waals surface area contributed by atoms with E-state index in [1.165, 1.54) is 7.11 Å². The molecule has 0 aromatic carbocycles. The fourth-order valence-electron chi connectivity index (χ4n) is 3.14. The molecule has 148 valence electrons. The predicted octanol–water partition coefficient (Wildman–Crippen LogP) is 0.527. The van der Waals surface area contributed by atoms with E-state index >= 15 is 0 Å². The molecule has 0 atom stereocenters. The van der Waals surface area contributed by atoms with Gasteiger partial charge in [-0.05, 0) is 23.8 Å². The van der Waals surface area contributed by atoms with E-state index in [0.29, 0.717) is 17.9 Å². The largest absolute Gasteiger partial charge is 0.464 e. The highest BCUT2D eigenvalue weighted by Crippen LogP contribution is 2.18. The van der Waals surface area contributed by atoms with E-state index in [0.717, 1.165) is 37.4 Å². The third-order valence-corrected chi connectivity index (χ3v) is 4.70. The molecule has 0 spiro atoms. The average Bonchev–Trinajstić information content (AvgIpc) is 2.73. The molecule has 1 aliphatic rings. The molecule has 1 saturated heterocycles. The number of methoxy groups -OCH3 is 1. The number of rotatable bonds is 5. The number of pyridine rings is 2. The van der Waals surface area contributed by atoms with Crippen molar-refractivity contribution in [2.45, 2.75) is 6.54 Å². The zero-order valence-electron chi connectivity index (χ0n) is 16.0. The Bertz CT molecular complexity index is 847. The molecule has 2 aromatic heterocycles. The van der Waals surface area contributed by atoms with Crippen molar-refractivity contribution in [3.63, 3.8) is 0 Å². The number of nitrogens with two attached hydrogens (primary N) is 1. The molecule has 1 amide bonds. The number of carbonyl (C=O) groups excluding carboxylic acids is 2. The number of anilines is 2. The van der Waals surface area contributed by atoms with E-state index in [4.69, 9.17) is 5.73 Å². The lowest BCUT2D eigenvalue weighted by Gasteiger charge is -2.36. The monoisotopic (exact) mass is 384 g/mol. The Kier molecular flexibility index (Phi) is 6.05. The molecule has 3 rings (SSSR count). The van der Waals surface area contributed by atoms with Crippen LogP contribution in [0.5, 0.6) is 0 Å². The molecular weight excluding hydrogens is 360 g/mol. The van der Waals surface area contributed by atoms with Crippen LogP contribution in [0.2, 0.25) is 0 Å². The van der Waals surface area contributed by atoms with Crippen LogP contribution >= 0.6 is 0 Å². The highest BCUT2D eigenvalue weighted by Gasteiger charge is 2.19. The summed E-state index contributed by atoms with van der Waals surface area (Å²) in [5, 5.41) is 2.56. The van der Waals surface area contributed by atoms with E-state index in [1.807, 2.05) is 6.07 Å². The van der Waals surface area contributed by atoms with Gasteiger partial charge in [0.15, 0.2) is 5.69 Å². The number of piperazine rings is 1. The molecule has 0 bridgehead atoms. The fraction of sp³-hybridized carbons (Fsp3) is 0.368. The molecule has 9 heteroatoms. The van der Waals surface area contributed by atoms with Gasteiger partial charge in [-0.25, -0.2) is 14.8 Å². The first kappa shape index (κ1) is 19.6. The maximum Gasteiger partial charge on any atom is 0.358 e. The van der Waals surface area contributed by atoms with Crippen molar-refractivity contribution >= 4 is 23.3 Å². The summed E-state index contributed by atoms with van der Waals surface area (Å²) in [6, 6.07) is 5.42. The second kappa shape index (κ2) is 8.66. The Morgan fingerprint density at radius 3 is 2.50 bits per heavy atom. The van der Waals surface area contributed by atoms with Crippen LogP contribution in [0.1, 0.15) is 26.5 Å². The number of aromatic nitrogens is 2. The Labute approximate surface area is 163 Å². The van der Waals surface area contributed by atoms with Crippen molar-refractivity contribution in [3.05, 3.63) is 47.5 Å². The van der Waals surface area contributed by atoms with Gasteiger partial charge in [-0.2, -0.15) is 0 Å². The van der Waals surface area contributed by atoms with E-state index in [2.05, 4.69) is 29.8 Å². The number of nitrogen functional groups attached to an aromatic ring is 1. The summed E-state index contributed by atoms with van der Waals surface area (Å²) in [6.07, 6.45) is 3.40. The quantitative estimate of drug-likeness (QED) is 0.718. The molecule has 3 N–H and O–H groups in total. The lowest BCUT2D eigenvalue weighted by Crippen LogP contribution is -2.46. The topological polar surface area (TPSA) is 114 Å². The molecular formula is C19H24N6O3. The molecule has 0 saturated carbocycles. The van der Waals surface area contributed by atoms with Crippen LogP contribution < -0.4 is 16.0 Å². The van der Waals surface area contributed by atoms with Gasteiger partial charge in [0.05, 0.1) is 24.7 Å². The van der Waals surface area contributed by atoms with Gasteiger partial charge in [0.25, 0.3) is 5.91 Å². The van der Waals surface area contributed by atoms with Crippen molar-refractivity contribution in [2.24, 2.45) is 0 Å². The normalized spacial score (nSPS) is 14.6. The summed E-state index contributed by atoms with van der Waals surface area (Å²) in [5.41, 5.74) is 8.75. The Balaban J connectivity index is 1.56. The maximum absolute atomic E-state index is 11.6. The molecule has 3 heterocycles. The number of hydrogen-bond donors (Lipinski definition) is 2. The minimum absolute atomic E-state index is 0.142. The fourth-order valence-corrected chi connectivity index (χ4v) is 3.14. The Hall–Kier alpha value is -3.20. The highest BCUT2D eigenvalue weighted by atomic mass is 16.5. The number of esters is 1. The predicted molar refractivity (Wildman–Crippen MR) is 105 cm³/mol. The van der Waals surface area contributed by atoms with Crippen LogP contribution in [-0.2, 0) is 11.3 Å². The number of hydrogen-bond acceptors (Lipinski definition) is 8. The third kappa shape index (κ3) is 4.37. The van der Waals surface area contributed by atoms with Gasteiger partial charge in [-0.3, -0.25) is 9.69 Å². The van der Waals surface area contributed by atoms with Crippen LogP contribution in [0.3, 0.4) is 0 Å². The minimum atomic E-state index is -0.534. The number of ether oxygens (including phenoxy) is 1. The van der Waals surface area contributed by atoms with Gasteiger partial charge in [-0.15, -0.1) is 0 Å². The van der Waals surface area contributed by atoms with Crippen LogP contribution in [0.25, 0.3) is 0 Å². The molecule has 1 aliphatic heterocycles. The molecule has 28 heavy (non-hydrogen) atoms. The number of carbonyl (C=O) groups is 2. The Morgan fingerprint density at radius 2 is 1.93 bits per heavy atom. The second-order valence-corrected chi connectivity index (χ2v) is 6.52. The van der Waals surface area contributed by atoms with Crippen molar-refractivity contribution in [2.75, 3.05) is 51.0 Å². The number of nitrogens with one attached hydrogen (secondary N) is 1. The van der Waals surface area contributed by atoms with E-state index in [-0.39, 0.29) is 11.6 Å². The van der Waals surface area contributed by atoms with Gasteiger partial charge < -0.3 is 20.7 Å².